The lowest BCUT2D eigenvalue weighted by atomic mass is 10.0. The normalized spacial score (nSPS) is 17.3. The fraction of sp³-hybridized carbons (Fsp3) is 0.333. The average molecular weight is 868 g/mol. The van der Waals surface area contributed by atoms with Crippen LogP contribution in [0.3, 0.4) is 0 Å². The number of carbonyl (C=O) groups excluding carboxylic acids is 5. The first kappa shape index (κ1) is 43.2. The molecule has 1 unspecified atom stereocenters. The number of benzene rings is 4. The van der Waals surface area contributed by atoms with E-state index in [0.29, 0.717) is 37.6 Å². The number of imidazole rings is 1. The Morgan fingerprint density at radius 3 is 2.27 bits per heavy atom. The van der Waals surface area contributed by atoms with Crippen LogP contribution in [0.4, 0.5) is 19.1 Å². The van der Waals surface area contributed by atoms with Gasteiger partial charge in [0, 0.05) is 56.9 Å². The number of para-hydroxylation sites is 1. The Morgan fingerprint density at radius 1 is 0.778 bits per heavy atom. The topological polar surface area (TPSA) is 165 Å². The van der Waals surface area contributed by atoms with Crippen LogP contribution in [0.15, 0.2) is 91.0 Å². The molecule has 8 rings (SSSR count). The summed E-state index contributed by atoms with van der Waals surface area (Å²) in [4.78, 5) is 73.3. The number of piperidine rings is 1. The predicted octanol–water partition coefficient (Wildman–Crippen LogP) is 4.93. The number of nitrogens with zero attached hydrogens (tertiary/aromatic N) is 5. The summed E-state index contributed by atoms with van der Waals surface area (Å²) in [6, 6.07) is 23.1. The molecule has 3 aliphatic heterocycles. The van der Waals surface area contributed by atoms with E-state index in [4.69, 9.17) is 19.2 Å². The van der Waals surface area contributed by atoms with Crippen LogP contribution < -0.4 is 15.4 Å². The molecular formula is C45H44F3N7O8. The molecule has 2 fully saturated rings. The number of anilines is 1. The molecule has 63 heavy (non-hydrogen) atoms. The van der Waals surface area contributed by atoms with E-state index in [1.54, 1.807) is 10.6 Å². The average Bonchev–Trinajstić information content (AvgIpc) is 3.75. The molecule has 328 valence electrons. The number of rotatable bonds is 16. The van der Waals surface area contributed by atoms with Crippen molar-refractivity contribution in [3.05, 3.63) is 119 Å². The Morgan fingerprint density at radius 2 is 1.51 bits per heavy atom. The van der Waals surface area contributed by atoms with Crippen molar-refractivity contribution in [3.8, 4) is 11.4 Å². The van der Waals surface area contributed by atoms with Crippen LogP contribution in [0.25, 0.3) is 16.7 Å². The minimum atomic E-state index is -4.58. The molecule has 2 N–H and O–H groups in total. The number of alkyl halides is 3. The van der Waals surface area contributed by atoms with E-state index in [1.165, 1.54) is 24.3 Å². The third-order valence-corrected chi connectivity index (χ3v) is 11.1. The quantitative estimate of drug-likeness (QED) is 0.102. The molecule has 2 saturated heterocycles. The predicted molar refractivity (Wildman–Crippen MR) is 222 cm³/mol. The lowest BCUT2D eigenvalue weighted by Gasteiger charge is -2.34. The third-order valence-electron chi connectivity index (χ3n) is 11.1. The molecule has 0 bridgehead atoms. The zero-order valence-corrected chi connectivity index (χ0v) is 34.1. The van der Waals surface area contributed by atoms with Crippen molar-refractivity contribution in [1.29, 1.82) is 0 Å². The van der Waals surface area contributed by atoms with Crippen molar-refractivity contribution < 1.29 is 51.4 Å². The molecule has 18 heteroatoms. The maximum atomic E-state index is 13.4. The van der Waals surface area contributed by atoms with Gasteiger partial charge in [0.2, 0.25) is 17.8 Å². The summed E-state index contributed by atoms with van der Waals surface area (Å²) < 4.78 is 59.0. The molecule has 3 aliphatic rings. The highest BCUT2D eigenvalue weighted by Gasteiger charge is 2.44. The molecule has 0 radical (unpaired) electrons. The van der Waals surface area contributed by atoms with Gasteiger partial charge in [-0.3, -0.25) is 53.9 Å². The monoisotopic (exact) mass is 867 g/mol. The molecule has 0 spiro atoms. The van der Waals surface area contributed by atoms with Crippen molar-refractivity contribution in [2.75, 3.05) is 71.1 Å². The Labute approximate surface area is 359 Å². The molecule has 1 atom stereocenters. The lowest BCUT2D eigenvalue weighted by Crippen LogP contribution is -2.54. The van der Waals surface area contributed by atoms with Gasteiger partial charge in [-0.1, -0.05) is 30.3 Å². The first-order chi connectivity index (χ1) is 30.4. The molecular weight excluding hydrogens is 824 g/mol. The van der Waals surface area contributed by atoms with E-state index < -0.39 is 47.3 Å². The maximum Gasteiger partial charge on any atom is 0.416 e. The van der Waals surface area contributed by atoms with Crippen LogP contribution in [0.5, 0.6) is 5.75 Å². The minimum Gasteiger partial charge on any atom is -0.491 e. The largest absolute Gasteiger partial charge is 0.491 e. The van der Waals surface area contributed by atoms with Crippen molar-refractivity contribution in [1.82, 2.24) is 29.6 Å². The van der Waals surface area contributed by atoms with Gasteiger partial charge >= 0.3 is 6.18 Å². The van der Waals surface area contributed by atoms with E-state index in [-0.39, 0.29) is 48.7 Å². The van der Waals surface area contributed by atoms with Crippen LogP contribution in [-0.4, -0.2) is 126 Å². The van der Waals surface area contributed by atoms with Crippen LogP contribution in [-0.2, 0) is 31.8 Å². The smallest absolute Gasteiger partial charge is 0.416 e. The van der Waals surface area contributed by atoms with E-state index in [9.17, 15) is 37.1 Å². The van der Waals surface area contributed by atoms with E-state index in [1.807, 2.05) is 48.5 Å². The number of fused-ring (bicyclic) bond motifs is 2. The van der Waals surface area contributed by atoms with E-state index in [0.717, 1.165) is 66.5 Å². The van der Waals surface area contributed by atoms with Crippen molar-refractivity contribution in [2.24, 2.45) is 0 Å². The summed E-state index contributed by atoms with van der Waals surface area (Å²) in [5, 5.41) is 4.92. The van der Waals surface area contributed by atoms with Gasteiger partial charge < -0.3 is 14.2 Å². The minimum absolute atomic E-state index is 0.0478. The number of hydrogen-bond donors (Lipinski definition) is 2. The van der Waals surface area contributed by atoms with Gasteiger partial charge in [-0.2, -0.15) is 13.2 Å². The van der Waals surface area contributed by atoms with Crippen molar-refractivity contribution >= 4 is 46.5 Å². The van der Waals surface area contributed by atoms with Crippen LogP contribution >= 0.6 is 0 Å². The van der Waals surface area contributed by atoms with Gasteiger partial charge in [0.15, 0.2) is 0 Å². The molecule has 5 aromatic rings. The number of aromatic nitrogens is 2. The summed E-state index contributed by atoms with van der Waals surface area (Å²) in [6.07, 6.45) is -4.45. The second kappa shape index (κ2) is 18.9. The molecule has 1 aromatic heterocycles. The summed E-state index contributed by atoms with van der Waals surface area (Å²) >= 11 is 0. The summed E-state index contributed by atoms with van der Waals surface area (Å²) in [6.45, 7) is 6.71. The van der Waals surface area contributed by atoms with Crippen LogP contribution in [0.1, 0.15) is 55.0 Å². The number of imide groups is 2. The number of carbonyl (C=O) groups is 5. The Bertz CT molecular complexity index is 2520. The highest BCUT2D eigenvalue weighted by atomic mass is 19.4. The van der Waals surface area contributed by atoms with E-state index in [2.05, 4.69) is 20.4 Å². The fourth-order valence-electron chi connectivity index (χ4n) is 7.86. The molecule has 15 nitrogen and oxygen atoms in total. The zero-order valence-electron chi connectivity index (χ0n) is 34.1. The second-order valence-electron chi connectivity index (χ2n) is 15.3. The molecule has 0 aliphatic carbocycles. The van der Waals surface area contributed by atoms with Crippen molar-refractivity contribution in [3.63, 3.8) is 0 Å². The molecule has 0 saturated carbocycles. The summed E-state index contributed by atoms with van der Waals surface area (Å²) in [5.41, 5.74) is 2.44. The van der Waals surface area contributed by atoms with Crippen LogP contribution in [0.2, 0.25) is 0 Å². The molecule has 4 aromatic carbocycles. The summed E-state index contributed by atoms with van der Waals surface area (Å²) in [5.74, 6) is -2.39. The number of piperazine rings is 1. The van der Waals surface area contributed by atoms with Gasteiger partial charge in [0.1, 0.15) is 18.4 Å². The molecule has 5 amide bonds. The van der Waals surface area contributed by atoms with Gasteiger partial charge in [0.05, 0.1) is 54.2 Å². The van der Waals surface area contributed by atoms with E-state index >= 15 is 0 Å². The number of nitrogens with one attached hydrogen (secondary N) is 2. The number of halogens is 3. The first-order valence-electron chi connectivity index (χ1n) is 20.6. The van der Waals surface area contributed by atoms with Crippen molar-refractivity contribution in [2.45, 2.75) is 31.6 Å². The Balaban J connectivity index is 0.746. The highest BCUT2D eigenvalue weighted by molar-refractivity contribution is 6.23. The van der Waals surface area contributed by atoms with Gasteiger partial charge in [-0.05, 0) is 72.6 Å². The van der Waals surface area contributed by atoms with Gasteiger partial charge in [0.25, 0.3) is 17.7 Å². The SMILES string of the molecule is O=C1CCC(N2C(=O)c3ccc(OCCOCCOCCN4CCN(Cc5ccc6c(c5)nc(NC(=O)c5cccc(C(F)(F)F)c5)n6-c5ccccc5)CC4)cc3C2=O)C(=O)N1. The number of ether oxygens (including phenoxy) is 3. The number of amides is 5. The summed E-state index contributed by atoms with van der Waals surface area (Å²) in [7, 11) is 0. The van der Waals surface area contributed by atoms with Gasteiger partial charge in [-0.15, -0.1) is 0 Å². The first-order valence-corrected chi connectivity index (χ1v) is 20.6. The maximum absolute atomic E-state index is 13.4. The Kier molecular flexibility index (Phi) is 12.9. The Hall–Kier alpha value is -6.47. The highest BCUT2D eigenvalue weighted by Crippen LogP contribution is 2.32. The van der Waals surface area contributed by atoms with Crippen LogP contribution in [0, 0.1) is 0 Å². The second-order valence-corrected chi connectivity index (χ2v) is 15.3. The standard InChI is InChI=1S/C45H44F3N7O8/c46-45(47,48)31-6-4-5-30(26-31)40(57)51-44-49-36-25-29(9-12-37(36)54(44)32-7-2-1-3-8-32)28-53-17-15-52(16-18-53)19-20-61-21-22-62-23-24-63-33-10-11-34-35(27-33)43(60)55(42(34)59)38-13-14-39(56)50-41(38)58/h1-12,25-27,38H,13-24,28H2,(H,49,51,57)(H,50,56,58). The molecule has 4 heterocycles. The fourth-order valence-corrected chi connectivity index (χ4v) is 7.86. The zero-order chi connectivity index (χ0) is 44.1. The third kappa shape index (κ3) is 9.94. The van der Waals surface area contributed by atoms with Gasteiger partial charge in [-0.25, -0.2) is 4.98 Å². The number of hydrogen-bond acceptors (Lipinski definition) is 11. The lowest BCUT2D eigenvalue weighted by molar-refractivity contribution is -0.138.